The summed E-state index contributed by atoms with van der Waals surface area (Å²) < 4.78 is 48.9. The van der Waals surface area contributed by atoms with Crippen LogP contribution in [0.25, 0.3) is 0 Å². The Balaban J connectivity index is 1.23. The first-order chi connectivity index (χ1) is 20.4. The van der Waals surface area contributed by atoms with Gasteiger partial charge in [0.05, 0.1) is 54.9 Å². The number of fused-ring (bicyclic) bond motifs is 2. The van der Waals surface area contributed by atoms with Gasteiger partial charge in [-0.2, -0.15) is 0 Å². The van der Waals surface area contributed by atoms with Crippen molar-refractivity contribution in [3.8, 4) is 0 Å². The topological polar surface area (TPSA) is 108 Å². The van der Waals surface area contributed by atoms with Crippen LogP contribution in [0.3, 0.4) is 0 Å². The van der Waals surface area contributed by atoms with E-state index >= 15 is 0 Å². The molecule has 10 nitrogen and oxygen atoms in total. The normalized spacial score (nSPS) is 37.4. The third-order valence-corrected chi connectivity index (χ3v) is 9.90. The third kappa shape index (κ3) is 4.56. The molecule has 7 rings (SSSR count). The average Bonchev–Trinajstić information content (AvgIpc) is 3.28. The number of alkyl halides is 1. The van der Waals surface area contributed by atoms with Gasteiger partial charge in [-0.25, -0.2) is 0 Å². The Bertz CT molecular complexity index is 1370. The minimum absolute atomic E-state index is 0.000266. The molecule has 0 amide bonds. The van der Waals surface area contributed by atoms with Crippen molar-refractivity contribution < 1.29 is 47.5 Å². The van der Waals surface area contributed by atoms with Gasteiger partial charge in [-0.05, 0) is 11.1 Å². The molecule has 42 heavy (non-hydrogen) atoms. The van der Waals surface area contributed by atoms with E-state index in [1.54, 1.807) is 0 Å². The quantitative estimate of drug-likeness (QED) is 0.208. The molecule has 3 saturated heterocycles. The maximum Gasteiger partial charge on any atom is 0.316 e. The van der Waals surface area contributed by atoms with Crippen LogP contribution >= 0.6 is 22.6 Å². The lowest BCUT2D eigenvalue weighted by Crippen LogP contribution is -2.70. The van der Waals surface area contributed by atoms with Crippen molar-refractivity contribution in [1.82, 2.24) is 0 Å². The van der Waals surface area contributed by atoms with Crippen LogP contribution in [0.2, 0.25) is 0 Å². The fraction of sp³-hybridized carbons (Fsp3) is 0.484. The van der Waals surface area contributed by atoms with Crippen LogP contribution in [0.15, 0.2) is 72.0 Å². The van der Waals surface area contributed by atoms with Gasteiger partial charge in [0.15, 0.2) is 18.2 Å². The number of carbonyl (C=O) groups is 2. The van der Waals surface area contributed by atoms with E-state index in [4.69, 9.17) is 37.9 Å². The number of benzene rings is 2. The summed E-state index contributed by atoms with van der Waals surface area (Å²) in [5, 5.41) is 0. The van der Waals surface area contributed by atoms with Crippen LogP contribution in [-0.2, 0) is 60.7 Å². The second kappa shape index (κ2) is 11.2. The molecular weight excluding hydrogens is 659 g/mol. The molecule has 3 heterocycles. The Kier molecular flexibility index (Phi) is 7.52. The zero-order valence-electron chi connectivity index (χ0n) is 23.1. The maximum atomic E-state index is 13.3. The van der Waals surface area contributed by atoms with Crippen molar-refractivity contribution in [3.63, 3.8) is 0 Å². The highest BCUT2D eigenvalue weighted by Crippen LogP contribution is 2.60. The number of methoxy groups -OCH3 is 1. The van der Waals surface area contributed by atoms with E-state index in [2.05, 4.69) is 22.6 Å². The smallest absolute Gasteiger partial charge is 0.316 e. The van der Waals surface area contributed by atoms with Crippen LogP contribution < -0.4 is 0 Å². The molecule has 0 aromatic heterocycles. The van der Waals surface area contributed by atoms with Crippen molar-refractivity contribution >= 4 is 34.5 Å². The van der Waals surface area contributed by atoms with Crippen molar-refractivity contribution in [2.75, 3.05) is 13.7 Å². The SMILES string of the molecule is COC(=O)C1[C@H](OCc2ccccc2)C2C(OC(C)=O)[C@H](OC3=C4C5O[C@@H](OCC35)C4I)OC12OCc1ccccc1. The Hall–Kier alpha value is -2.55. The second-order valence-corrected chi connectivity index (χ2v) is 12.4. The fourth-order valence-corrected chi connectivity index (χ4v) is 7.77. The predicted molar refractivity (Wildman–Crippen MR) is 152 cm³/mol. The van der Waals surface area contributed by atoms with Crippen molar-refractivity contribution in [2.24, 2.45) is 17.8 Å². The van der Waals surface area contributed by atoms with Gasteiger partial charge in [0.2, 0.25) is 6.29 Å². The lowest BCUT2D eigenvalue weighted by molar-refractivity contribution is -0.371. The second-order valence-electron chi connectivity index (χ2n) is 11.0. The van der Waals surface area contributed by atoms with Crippen molar-refractivity contribution in [3.05, 3.63) is 83.1 Å². The largest absolute Gasteiger partial charge is 0.469 e. The lowest BCUT2D eigenvalue weighted by atomic mass is 9.64. The zero-order chi connectivity index (χ0) is 29.0. The first-order valence-corrected chi connectivity index (χ1v) is 15.2. The van der Waals surface area contributed by atoms with Crippen LogP contribution in [0.5, 0.6) is 0 Å². The molecule has 222 valence electrons. The molecule has 0 spiro atoms. The van der Waals surface area contributed by atoms with E-state index in [1.807, 2.05) is 60.7 Å². The van der Waals surface area contributed by atoms with Gasteiger partial charge in [0.25, 0.3) is 0 Å². The molecule has 10 atom stereocenters. The van der Waals surface area contributed by atoms with Crippen molar-refractivity contribution in [2.45, 2.75) is 60.7 Å². The van der Waals surface area contributed by atoms with Gasteiger partial charge in [-0.3, -0.25) is 9.59 Å². The summed E-state index contributed by atoms with van der Waals surface area (Å²) in [6.07, 6.45) is -3.07. The summed E-state index contributed by atoms with van der Waals surface area (Å²) in [5.41, 5.74) is 2.84. The molecule has 1 saturated carbocycles. The standard InChI is InChI=1S/C31H31IO10/c1-16(33)39-27-21-26(36-13-17-9-5-3-6-10-17)22(28(34)35-2)31(21,38-14-18-11-7-4-8-12-18)42-30(27)41-25-19-15-37-29-23(32)20(25)24(19)40-29/h3-12,19,21-24,26-27,29-30H,13-15H2,1-2H3/t19?,21?,22?,23?,24?,26-,27?,29-,30-,31?/m1/s1. The van der Waals surface area contributed by atoms with E-state index in [0.717, 1.165) is 22.5 Å². The van der Waals surface area contributed by atoms with Crippen molar-refractivity contribution in [1.29, 1.82) is 0 Å². The minimum atomic E-state index is -1.52. The summed E-state index contributed by atoms with van der Waals surface area (Å²) >= 11 is 2.30. The molecule has 2 aromatic rings. The lowest BCUT2D eigenvalue weighted by Gasteiger charge is -2.53. The fourth-order valence-electron chi connectivity index (χ4n) is 6.73. The summed E-state index contributed by atoms with van der Waals surface area (Å²) in [7, 11) is 1.32. The zero-order valence-corrected chi connectivity index (χ0v) is 25.2. The molecule has 4 fully saturated rings. The highest BCUT2D eigenvalue weighted by Gasteiger charge is 2.78. The van der Waals surface area contributed by atoms with Gasteiger partial charge < -0.3 is 37.9 Å². The summed E-state index contributed by atoms with van der Waals surface area (Å²) in [5.74, 6) is -3.57. The summed E-state index contributed by atoms with van der Waals surface area (Å²) in [4.78, 5) is 25.8. The van der Waals surface area contributed by atoms with Gasteiger partial charge in [-0.15, -0.1) is 0 Å². The molecule has 2 aliphatic carbocycles. The molecule has 5 aliphatic rings. The first kappa shape index (κ1) is 28.2. The highest BCUT2D eigenvalue weighted by molar-refractivity contribution is 14.1. The Morgan fingerprint density at radius 1 is 1.00 bits per heavy atom. The summed E-state index contributed by atoms with van der Waals surface area (Å²) in [6.45, 7) is 2.17. The van der Waals surface area contributed by atoms with Crippen LogP contribution in [0.1, 0.15) is 18.1 Å². The molecule has 7 unspecified atom stereocenters. The Morgan fingerprint density at radius 3 is 2.36 bits per heavy atom. The molecule has 0 radical (unpaired) electrons. The van der Waals surface area contributed by atoms with Gasteiger partial charge >= 0.3 is 11.9 Å². The number of carbonyl (C=O) groups excluding carboxylic acids is 2. The number of esters is 2. The van der Waals surface area contributed by atoms with E-state index in [-0.39, 0.29) is 35.5 Å². The predicted octanol–water partition coefficient (Wildman–Crippen LogP) is 3.65. The number of hydrogen-bond donors (Lipinski definition) is 0. The van der Waals surface area contributed by atoms with E-state index in [0.29, 0.717) is 6.61 Å². The molecular formula is C31H31IO10. The van der Waals surface area contributed by atoms with E-state index < -0.39 is 48.1 Å². The van der Waals surface area contributed by atoms with Crippen LogP contribution in [-0.4, -0.2) is 66.3 Å². The Labute approximate surface area is 256 Å². The minimum Gasteiger partial charge on any atom is -0.469 e. The third-order valence-electron chi connectivity index (χ3n) is 8.65. The molecule has 11 heteroatoms. The molecule has 0 N–H and O–H groups in total. The van der Waals surface area contributed by atoms with Crippen LogP contribution in [0, 0.1) is 17.8 Å². The number of rotatable bonds is 10. The molecule has 3 aliphatic heterocycles. The van der Waals surface area contributed by atoms with Crippen LogP contribution in [0.4, 0.5) is 0 Å². The monoisotopic (exact) mass is 690 g/mol. The first-order valence-electron chi connectivity index (χ1n) is 14.0. The molecule has 2 bridgehead atoms. The van der Waals surface area contributed by atoms with Gasteiger partial charge in [0, 0.05) is 12.5 Å². The number of ether oxygens (including phenoxy) is 8. The number of halogens is 1. The van der Waals surface area contributed by atoms with Gasteiger partial charge in [-0.1, -0.05) is 83.3 Å². The average molecular weight is 690 g/mol. The van der Waals surface area contributed by atoms with E-state index in [1.165, 1.54) is 14.0 Å². The van der Waals surface area contributed by atoms with E-state index in [9.17, 15) is 9.59 Å². The summed E-state index contributed by atoms with van der Waals surface area (Å²) in [6, 6.07) is 19.2. The highest BCUT2D eigenvalue weighted by atomic mass is 127. The Morgan fingerprint density at radius 2 is 1.69 bits per heavy atom. The van der Waals surface area contributed by atoms with Gasteiger partial charge in [0.1, 0.15) is 11.7 Å². The number of hydrogen-bond acceptors (Lipinski definition) is 10. The molecule has 2 aromatic carbocycles. The maximum absolute atomic E-state index is 13.3.